The summed E-state index contributed by atoms with van der Waals surface area (Å²) in [6, 6.07) is 3.44. The Morgan fingerprint density at radius 3 is 2.56 bits per heavy atom. The summed E-state index contributed by atoms with van der Waals surface area (Å²) in [5.74, 6) is -2.01. The van der Waals surface area contributed by atoms with Crippen molar-refractivity contribution in [3.8, 4) is 5.75 Å². The number of sulfone groups is 1. The van der Waals surface area contributed by atoms with Crippen LogP contribution in [-0.4, -0.2) is 49.1 Å². The quantitative estimate of drug-likeness (QED) is 0.590. The summed E-state index contributed by atoms with van der Waals surface area (Å²) in [6.07, 6.45) is -1.20. The Kier molecular flexibility index (Phi) is 8.17. The van der Waals surface area contributed by atoms with Gasteiger partial charge in [0.2, 0.25) is 0 Å². The van der Waals surface area contributed by atoms with Crippen LogP contribution in [0.5, 0.6) is 5.75 Å². The molecule has 0 heterocycles. The highest BCUT2D eigenvalue weighted by atomic mass is 79.9. The number of amides is 1. The maximum absolute atomic E-state index is 12.1. The van der Waals surface area contributed by atoms with Crippen LogP contribution in [0.1, 0.15) is 20.3 Å². The molecule has 1 aromatic rings. The number of benzene rings is 1. The molecular weight excluding hydrogens is 438 g/mol. The molecular formula is C15H19BrClNO6S. The summed E-state index contributed by atoms with van der Waals surface area (Å²) in [7, 11) is -3.33. The van der Waals surface area contributed by atoms with E-state index in [0.717, 1.165) is 0 Å². The highest BCUT2D eigenvalue weighted by Gasteiger charge is 2.25. The summed E-state index contributed by atoms with van der Waals surface area (Å²) in [4.78, 5) is 23.4. The molecule has 10 heteroatoms. The van der Waals surface area contributed by atoms with E-state index in [0.29, 0.717) is 15.2 Å². The summed E-state index contributed by atoms with van der Waals surface area (Å²) < 4.78 is 29.0. The average molecular weight is 457 g/mol. The van der Waals surface area contributed by atoms with Crippen LogP contribution in [-0.2, 0) is 19.4 Å². The van der Waals surface area contributed by atoms with Crippen molar-refractivity contribution in [3.63, 3.8) is 0 Å². The predicted octanol–water partition coefficient (Wildman–Crippen LogP) is 2.26. The molecule has 140 valence electrons. The van der Waals surface area contributed by atoms with Gasteiger partial charge in [0.05, 0.1) is 10.2 Å². The van der Waals surface area contributed by atoms with Crippen molar-refractivity contribution in [2.45, 2.75) is 32.4 Å². The van der Waals surface area contributed by atoms with Crippen LogP contribution in [0.25, 0.3) is 0 Å². The molecule has 0 saturated heterocycles. The SMILES string of the molecule is CCS(=O)(=O)CCC(NC(=O)C(C)Oc1ccc(Cl)cc1Br)C(=O)O. The van der Waals surface area contributed by atoms with Crippen molar-refractivity contribution in [1.82, 2.24) is 5.32 Å². The number of carboxylic acid groups (broad SMARTS) is 1. The van der Waals surface area contributed by atoms with E-state index in [1.165, 1.54) is 13.8 Å². The number of hydrogen-bond donors (Lipinski definition) is 2. The number of hydrogen-bond acceptors (Lipinski definition) is 5. The fourth-order valence-electron chi connectivity index (χ4n) is 1.80. The van der Waals surface area contributed by atoms with Gasteiger partial charge in [0.15, 0.2) is 6.10 Å². The van der Waals surface area contributed by atoms with E-state index in [1.807, 2.05) is 0 Å². The first-order chi connectivity index (χ1) is 11.6. The van der Waals surface area contributed by atoms with Gasteiger partial charge in [-0.2, -0.15) is 0 Å². The molecule has 0 aliphatic rings. The maximum Gasteiger partial charge on any atom is 0.326 e. The molecule has 2 unspecified atom stereocenters. The zero-order valence-corrected chi connectivity index (χ0v) is 16.8. The largest absolute Gasteiger partial charge is 0.480 e. The van der Waals surface area contributed by atoms with Gasteiger partial charge in [0, 0.05) is 10.8 Å². The number of carboxylic acids is 1. The van der Waals surface area contributed by atoms with Crippen LogP contribution in [0.4, 0.5) is 0 Å². The highest BCUT2D eigenvalue weighted by Crippen LogP contribution is 2.28. The van der Waals surface area contributed by atoms with Crippen molar-refractivity contribution >= 4 is 49.2 Å². The normalized spacial score (nSPS) is 13.8. The number of aliphatic carboxylic acids is 1. The molecule has 0 spiro atoms. The molecule has 0 aliphatic carbocycles. The van der Waals surface area contributed by atoms with Crippen LogP contribution in [0.3, 0.4) is 0 Å². The molecule has 0 radical (unpaired) electrons. The fraction of sp³-hybridized carbons (Fsp3) is 0.467. The second-order valence-corrected chi connectivity index (χ2v) is 9.02. The zero-order valence-electron chi connectivity index (χ0n) is 13.7. The number of halogens is 2. The van der Waals surface area contributed by atoms with Gasteiger partial charge in [-0.15, -0.1) is 0 Å². The summed E-state index contributed by atoms with van der Waals surface area (Å²) in [5.41, 5.74) is 0. The van der Waals surface area contributed by atoms with E-state index in [2.05, 4.69) is 21.2 Å². The Bertz CT molecular complexity index is 740. The third-order valence-corrected chi connectivity index (χ3v) is 5.93. The minimum atomic E-state index is -3.33. The van der Waals surface area contributed by atoms with Gasteiger partial charge in [-0.25, -0.2) is 13.2 Å². The molecule has 0 aromatic heterocycles. The topological polar surface area (TPSA) is 110 Å². The Labute approximate surface area is 159 Å². The van der Waals surface area contributed by atoms with Crippen LogP contribution < -0.4 is 10.1 Å². The molecule has 25 heavy (non-hydrogen) atoms. The first kappa shape index (κ1) is 21.7. The van der Waals surface area contributed by atoms with E-state index in [9.17, 15) is 18.0 Å². The number of ether oxygens (including phenoxy) is 1. The lowest BCUT2D eigenvalue weighted by Crippen LogP contribution is -2.47. The lowest BCUT2D eigenvalue weighted by molar-refractivity contribution is -0.142. The van der Waals surface area contributed by atoms with Gasteiger partial charge in [0.25, 0.3) is 5.91 Å². The lowest BCUT2D eigenvalue weighted by Gasteiger charge is -2.19. The van der Waals surface area contributed by atoms with Gasteiger partial charge >= 0.3 is 5.97 Å². The summed E-state index contributed by atoms with van der Waals surface area (Å²) in [6.45, 7) is 2.93. The Morgan fingerprint density at radius 2 is 2.04 bits per heavy atom. The van der Waals surface area contributed by atoms with E-state index < -0.39 is 33.9 Å². The molecule has 0 saturated carbocycles. The molecule has 2 atom stereocenters. The Morgan fingerprint density at radius 1 is 1.40 bits per heavy atom. The van der Waals surface area contributed by atoms with Gasteiger partial charge < -0.3 is 15.2 Å². The van der Waals surface area contributed by atoms with E-state index in [-0.39, 0.29) is 17.9 Å². The third kappa shape index (κ3) is 7.21. The fourth-order valence-corrected chi connectivity index (χ4v) is 3.46. The second-order valence-electron chi connectivity index (χ2n) is 5.26. The first-order valence-electron chi connectivity index (χ1n) is 7.41. The Hall–Kier alpha value is -1.32. The smallest absolute Gasteiger partial charge is 0.326 e. The van der Waals surface area contributed by atoms with E-state index >= 15 is 0 Å². The van der Waals surface area contributed by atoms with Gasteiger partial charge in [-0.3, -0.25) is 4.79 Å². The summed E-state index contributed by atoms with van der Waals surface area (Å²) >= 11 is 9.08. The number of carbonyl (C=O) groups is 2. The van der Waals surface area contributed by atoms with Crippen LogP contribution in [0.15, 0.2) is 22.7 Å². The molecule has 0 aliphatic heterocycles. The maximum atomic E-state index is 12.1. The molecule has 2 N–H and O–H groups in total. The minimum absolute atomic E-state index is 0.0859. The zero-order chi connectivity index (χ0) is 19.2. The average Bonchev–Trinajstić information content (AvgIpc) is 2.53. The van der Waals surface area contributed by atoms with Crippen molar-refractivity contribution in [2.75, 3.05) is 11.5 Å². The van der Waals surface area contributed by atoms with Gasteiger partial charge in [-0.1, -0.05) is 18.5 Å². The summed E-state index contributed by atoms with van der Waals surface area (Å²) in [5, 5.41) is 11.9. The minimum Gasteiger partial charge on any atom is -0.480 e. The molecule has 1 aromatic carbocycles. The third-order valence-electron chi connectivity index (χ3n) is 3.34. The molecule has 7 nitrogen and oxygen atoms in total. The van der Waals surface area contributed by atoms with Crippen molar-refractivity contribution in [3.05, 3.63) is 27.7 Å². The second kappa shape index (κ2) is 9.40. The van der Waals surface area contributed by atoms with Crippen LogP contribution in [0, 0.1) is 0 Å². The predicted molar refractivity (Wildman–Crippen MR) is 97.8 cm³/mol. The van der Waals surface area contributed by atoms with Crippen molar-refractivity contribution in [2.24, 2.45) is 0 Å². The molecule has 0 bridgehead atoms. The standard InChI is InChI=1S/C15H19BrClNO6S/c1-3-25(22,23)7-6-12(15(20)21)18-14(19)9(2)24-13-5-4-10(17)8-11(13)16/h4-5,8-9,12H,3,6-7H2,1-2H3,(H,18,19)(H,20,21). The van der Waals surface area contributed by atoms with Crippen molar-refractivity contribution in [1.29, 1.82) is 0 Å². The highest BCUT2D eigenvalue weighted by molar-refractivity contribution is 9.10. The van der Waals surface area contributed by atoms with Gasteiger partial charge in [-0.05, 0) is 47.5 Å². The molecule has 1 amide bonds. The lowest BCUT2D eigenvalue weighted by atomic mass is 10.2. The monoisotopic (exact) mass is 455 g/mol. The Balaban J connectivity index is 2.71. The van der Waals surface area contributed by atoms with Gasteiger partial charge in [0.1, 0.15) is 21.6 Å². The molecule has 0 fully saturated rings. The van der Waals surface area contributed by atoms with E-state index in [1.54, 1.807) is 18.2 Å². The molecule has 1 rings (SSSR count). The first-order valence-corrected chi connectivity index (χ1v) is 10.4. The number of rotatable bonds is 9. The van der Waals surface area contributed by atoms with E-state index in [4.69, 9.17) is 21.4 Å². The van der Waals surface area contributed by atoms with Crippen LogP contribution >= 0.6 is 27.5 Å². The van der Waals surface area contributed by atoms with Crippen LogP contribution in [0.2, 0.25) is 5.02 Å². The van der Waals surface area contributed by atoms with Crippen molar-refractivity contribution < 1.29 is 27.9 Å². The number of carbonyl (C=O) groups excluding carboxylic acids is 1. The number of nitrogens with one attached hydrogen (secondary N) is 1.